The van der Waals surface area contributed by atoms with Gasteiger partial charge in [0.25, 0.3) is 29.0 Å². The zero-order chi connectivity index (χ0) is 73.2. The van der Waals surface area contributed by atoms with E-state index in [-0.39, 0.29) is 118 Å². The Balaban J connectivity index is 0.629. The van der Waals surface area contributed by atoms with Gasteiger partial charge in [-0.25, -0.2) is 29.1 Å². The van der Waals surface area contributed by atoms with Crippen molar-refractivity contribution in [2.45, 2.75) is 102 Å². The van der Waals surface area contributed by atoms with Crippen LogP contribution in [0.2, 0.25) is 0 Å². The highest BCUT2D eigenvalue weighted by Gasteiger charge is 2.60. The summed E-state index contributed by atoms with van der Waals surface area (Å²) in [5.41, 5.74) is -1.34. The molecule has 6 N–H and O–H groups in total. The van der Waals surface area contributed by atoms with Gasteiger partial charge < -0.3 is 74.2 Å². The molecule has 0 aliphatic carbocycles. The van der Waals surface area contributed by atoms with E-state index in [4.69, 9.17) is 56.0 Å². The Hall–Kier alpha value is -8.91. The quantitative estimate of drug-likeness (QED) is 0.0200. The van der Waals surface area contributed by atoms with Gasteiger partial charge >= 0.3 is 22.6 Å². The number of benzene rings is 2. The number of rotatable bonds is 32. The molecule has 4 aliphatic heterocycles. The van der Waals surface area contributed by atoms with E-state index >= 15 is 4.39 Å². The number of hydrogen-bond donors (Lipinski definition) is 6. The Morgan fingerprint density at radius 2 is 1.46 bits per heavy atom. The van der Waals surface area contributed by atoms with Gasteiger partial charge in [0.15, 0.2) is 28.4 Å². The number of amides is 7. The van der Waals surface area contributed by atoms with Crippen molar-refractivity contribution in [3.8, 4) is 0 Å². The van der Waals surface area contributed by atoms with Crippen LogP contribution < -0.4 is 26.8 Å². The molecule has 103 heavy (non-hydrogen) atoms. The third-order valence-electron chi connectivity index (χ3n) is 16.6. The van der Waals surface area contributed by atoms with E-state index in [9.17, 15) is 52.6 Å². The minimum absolute atomic E-state index is 0.0116. The molecule has 0 spiro atoms. The molecule has 4 bridgehead atoms. The molecule has 0 saturated carbocycles. The summed E-state index contributed by atoms with van der Waals surface area (Å²) < 4.78 is 113. The zero-order valence-corrected chi connectivity index (χ0v) is 58.2. The van der Waals surface area contributed by atoms with Crippen molar-refractivity contribution in [1.29, 1.82) is 0 Å². The number of H-pyrrole nitrogens is 1. The highest BCUT2D eigenvalue weighted by atomic mass is 31.1. The fraction of sp³-hybridized carbons (Fsp3) is 0.500. The van der Waals surface area contributed by atoms with E-state index in [0.29, 0.717) is 56.5 Å². The van der Waals surface area contributed by atoms with Crippen molar-refractivity contribution in [3.05, 3.63) is 119 Å². The lowest BCUT2D eigenvalue weighted by atomic mass is 10.0. The second-order valence-corrected chi connectivity index (χ2v) is 26.0. The lowest BCUT2D eigenvalue weighted by molar-refractivity contribution is -0.137. The van der Waals surface area contributed by atoms with Crippen molar-refractivity contribution in [2.75, 3.05) is 110 Å². The maximum absolute atomic E-state index is 15.3. The summed E-state index contributed by atoms with van der Waals surface area (Å²) in [4.78, 5) is 124. The van der Waals surface area contributed by atoms with Gasteiger partial charge in [-0.1, -0.05) is 48.7 Å². The maximum Gasteiger partial charge on any atom is 0.700 e. The number of halogens is 1. The van der Waals surface area contributed by atoms with Gasteiger partial charge in [0, 0.05) is 71.6 Å². The second kappa shape index (κ2) is 36.5. The number of carbonyl (C=O) groups excluding carboxylic acids is 7. The van der Waals surface area contributed by atoms with E-state index in [1.165, 1.54) is 48.2 Å². The first kappa shape index (κ1) is 76.7. The monoisotopic (exact) mass is 1480 g/mol. The number of aromatic amines is 1. The number of imidazole rings is 1. The van der Waals surface area contributed by atoms with E-state index in [1.54, 1.807) is 62.4 Å². The van der Waals surface area contributed by atoms with Gasteiger partial charge in [-0.2, -0.15) is 0 Å². The van der Waals surface area contributed by atoms with Gasteiger partial charge in [-0.05, 0) is 42.2 Å². The van der Waals surface area contributed by atoms with Gasteiger partial charge in [0.2, 0.25) is 17.7 Å². The third-order valence-corrected chi connectivity index (χ3v) is 18.4. The van der Waals surface area contributed by atoms with Crippen molar-refractivity contribution in [2.24, 2.45) is 5.92 Å². The molecule has 3 unspecified atom stereocenters. The molecule has 8 heterocycles. The Labute approximate surface area is 588 Å². The Morgan fingerprint density at radius 1 is 0.777 bits per heavy atom. The fourth-order valence-corrected chi connectivity index (χ4v) is 12.9. The molecule has 0 radical (unpaired) electrons. The molecular weight excluding hydrogens is 1400 g/mol. The molecule has 4 aromatic heterocycles. The topological polar surface area (TPSA) is 434 Å². The number of aliphatic hydroxyl groups excluding tert-OH is 1. The van der Waals surface area contributed by atoms with Crippen LogP contribution in [-0.2, 0) is 108 Å². The second-order valence-electron chi connectivity index (χ2n) is 24.2. The normalized spacial score (nSPS) is 21.3. The molecule has 6 aromatic rings. The molecule has 10 atom stereocenters. The molecule has 3 fully saturated rings. The third kappa shape index (κ3) is 20.1. The van der Waals surface area contributed by atoms with Crippen LogP contribution in [0.4, 0.5) is 20.7 Å². The summed E-state index contributed by atoms with van der Waals surface area (Å²) in [6, 6.07) is 11.1. The Bertz CT molecular complexity index is 4110. The number of aliphatic hydroxyl groups is 1. The Kier molecular flexibility index (Phi) is 27.2. The van der Waals surface area contributed by atoms with Crippen LogP contribution in [0, 0.1) is 11.7 Å². The van der Waals surface area contributed by atoms with Crippen molar-refractivity contribution < 1.29 is 108 Å². The molecule has 7 amide bonds. The summed E-state index contributed by atoms with van der Waals surface area (Å²) in [6.07, 6.45) is 0.0131. The van der Waals surface area contributed by atoms with Crippen LogP contribution in [0.5, 0.6) is 0 Å². The molecule has 10 rings (SSSR count). The van der Waals surface area contributed by atoms with Gasteiger partial charge in [0.1, 0.15) is 74.3 Å². The average molecular weight is 1480 g/mol. The lowest BCUT2D eigenvalue weighted by Crippen LogP contribution is -2.53. The first-order chi connectivity index (χ1) is 49.7. The number of fused-ring (bicyclic) bond motifs is 6. The minimum atomic E-state index is -3.21. The number of nitrogens with one attached hydrogen (secondary N) is 5. The lowest BCUT2D eigenvalue weighted by Gasteiger charge is -2.27. The maximum atomic E-state index is 15.3. The smallest absolute Gasteiger partial charge is 0.445 e. The minimum Gasteiger partial charge on any atom is -0.445 e. The number of hydrogen-bond acceptors (Lipinski definition) is 27. The highest BCUT2D eigenvalue weighted by molar-refractivity contribution is 7.33. The standard InChI is InChI=1S/C64H76FN13O23P2/c1-38(2)53(73-48(79)15-17-90-19-21-92-23-25-94-26-24-93-22-20-91-18-16-76-49(80)13-14-50(76)81)62(86)71-39(3)59(83)72-42-11-9-40(10-12-42)31-96-63(87)75(4)29-41-7-5-6-8-45(41)60(84)74-56-54-58(68-35-66-56)77(37-70-54)51-28-43-27-44(32-95-51)100-103(89)101-64(34-97-47(55(64)82)33-98-102(88)99-43)78-30-46(65)52-57(78)67-36-69-61(52)85/h5-14,30,35-39,43-44,47,51,53,55,82H,15-29,31-34H2,1-4H3,(H3-2,66,67,68,69,71,72,73,74,79,83,84,85,86)/p+2/t39-,43+,44?,47+,51+,53-,55+,64-/m0/s1. The first-order valence-electron chi connectivity index (χ1n) is 32.8. The van der Waals surface area contributed by atoms with E-state index in [0.717, 1.165) is 22.0 Å². The molecule has 552 valence electrons. The van der Waals surface area contributed by atoms with Crippen LogP contribution >= 0.6 is 16.5 Å². The molecule has 3 saturated heterocycles. The summed E-state index contributed by atoms with van der Waals surface area (Å²) in [6.45, 7) is 6.39. The van der Waals surface area contributed by atoms with E-state index < -0.39 is 125 Å². The summed E-state index contributed by atoms with van der Waals surface area (Å²) >= 11 is 0. The number of anilines is 2. The van der Waals surface area contributed by atoms with Crippen LogP contribution in [0.25, 0.3) is 22.2 Å². The molecular formula is C64H78FN13O23P2+2. The molecule has 4 aliphatic rings. The van der Waals surface area contributed by atoms with E-state index in [1.807, 2.05) is 0 Å². The van der Waals surface area contributed by atoms with Gasteiger partial charge in [-0.3, -0.25) is 47.6 Å². The van der Waals surface area contributed by atoms with Crippen molar-refractivity contribution >= 4 is 91.7 Å². The highest BCUT2D eigenvalue weighted by Crippen LogP contribution is 2.47. The summed E-state index contributed by atoms with van der Waals surface area (Å²) in [5.74, 6) is -4.15. The number of carbonyl (C=O) groups is 7. The van der Waals surface area contributed by atoms with Crippen LogP contribution in [-0.4, -0.2) is 226 Å². The van der Waals surface area contributed by atoms with Crippen LogP contribution in [0.1, 0.15) is 67.7 Å². The SMILES string of the molecule is CC(C)[C@H](NC(=O)CCOCCOCCOCCOCCOCCN1C(=O)C=CC1=O)C(=O)N[C@@H](C)C(=O)Nc1ccc(COC(=O)N(C)Cc2ccccc2C(=O)Nc2ncnc3c2ncn3[C@H]2C[C@H]3CC(CO2)O[P+](=O)O[C@@]2(n4cc(F)c5c(=O)[nH]cnc54)CO[C@H](CO[P+](=O)O3)[C@H]2O)cc1. The van der Waals surface area contributed by atoms with Crippen molar-refractivity contribution in [1.82, 2.24) is 54.5 Å². The van der Waals surface area contributed by atoms with Crippen molar-refractivity contribution in [3.63, 3.8) is 0 Å². The summed E-state index contributed by atoms with van der Waals surface area (Å²) in [5, 5.41) is 22.1. The zero-order valence-electron chi connectivity index (χ0n) is 56.4. The summed E-state index contributed by atoms with van der Waals surface area (Å²) in [7, 11) is -4.64. The molecule has 36 nitrogen and oxygen atoms in total. The van der Waals surface area contributed by atoms with Crippen LogP contribution in [0.3, 0.4) is 0 Å². The first-order valence-corrected chi connectivity index (χ1v) is 35.0. The van der Waals surface area contributed by atoms with E-state index in [2.05, 4.69) is 46.2 Å². The van der Waals surface area contributed by atoms with Gasteiger partial charge in [-0.15, -0.1) is 13.6 Å². The van der Waals surface area contributed by atoms with Gasteiger partial charge in [0.05, 0.1) is 91.9 Å². The number of ether oxygens (including phenoxy) is 8. The van der Waals surface area contributed by atoms with Crippen LogP contribution in [0.15, 0.2) is 90.7 Å². The number of aromatic nitrogens is 7. The predicted octanol–water partition coefficient (Wildman–Crippen LogP) is 3.56. The fourth-order valence-electron chi connectivity index (χ4n) is 11.2. The Morgan fingerprint density at radius 3 is 2.17 bits per heavy atom. The largest absolute Gasteiger partial charge is 0.700 e. The molecule has 2 aromatic carbocycles. The average Bonchev–Trinajstić information content (AvgIpc) is 1.59. The predicted molar refractivity (Wildman–Crippen MR) is 356 cm³/mol. The molecule has 39 heteroatoms. The number of imide groups is 1. The number of nitrogens with zero attached hydrogens (tertiary/aromatic N) is 8.